The number of pyridine rings is 1. The van der Waals surface area contributed by atoms with E-state index in [1.54, 1.807) is 0 Å². The van der Waals surface area contributed by atoms with Crippen LogP contribution >= 0.6 is 0 Å². The third-order valence-electron chi connectivity index (χ3n) is 4.88. The van der Waals surface area contributed by atoms with Gasteiger partial charge < -0.3 is 15.5 Å². The van der Waals surface area contributed by atoms with Crippen LogP contribution in [0.25, 0.3) is 0 Å². The number of nitrogens with one attached hydrogen (secondary N) is 2. The van der Waals surface area contributed by atoms with Crippen molar-refractivity contribution in [1.29, 1.82) is 0 Å². The molecule has 0 bridgehead atoms. The Morgan fingerprint density at radius 1 is 1.17 bits per heavy atom. The summed E-state index contributed by atoms with van der Waals surface area (Å²) < 4.78 is 2.07. The summed E-state index contributed by atoms with van der Waals surface area (Å²) in [6.07, 6.45) is 6.11. The minimum Gasteiger partial charge on any atom is -0.370 e. The number of aromatic nitrogens is 3. The SMILES string of the molecule is c1ccc(N2CCC(NC[C@@H]3CNc4ccnn4C3)CC2)nc1. The molecule has 1 saturated heterocycles. The van der Waals surface area contributed by atoms with Crippen LogP contribution in [0, 0.1) is 5.92 Å². The Kier molecular flexibility index (Phi) is 4.15. The predicted octanol–water partition coefficient (Wildman–Crippen LogP) is 1.58. The molecule has 1 atom stereocenters. The first kappa shape index (κ1) is 14.5. The van der Waals surface area contributed by atoms with Crippen molar-refractivity contribution in [3.05, 3.63) is 36.7 Å². The van der Waals surface area contributed by atoms with Crippen LogP contribution in [0.5, 0.6) is 0 Å². The number of nitrogens with zero attached hydrogens (tertiary/aromatic N) is 4. The van der Waals surface area contributed by atoms with Gasteiger partial charge in [0, 0.05) is 56.9 Å². The minimum atomic E-state index is 0.608. The fraction of sp³-hybridized carbons (Fsp3) is 0.529. The molecule has 4 heterocycles. The molecular weight excluding hydrogens is 288 g/mol. The molecule has 2 aliphatic rings. The van der Waals surface area contributed by atoms with E-state index in [9.17, 15) is 0 Å². The summed E-state index contributed by atoms with van der Waals surface area (Å²) >= 11 is 0. The Hall–Kier alpha value is -2.08. The van der Waals surface area contributed by atoms with E-state index in [1.165, 1.54) is 12.8 Å². The summed E-state index contributed by atoms with van der Waals surface area (Å²) in [5.41, 5.74) is 0. The van der Waals surface area contributed by atoms with Gasteiger partial charge in [0.05, 0.1) is 6.20 Å². The molecule has 0 spiro atoms. The van der Waals surface area contributed by atoms with Crippen LogP contribution in [0.15, 0.2) is 36.7 Å². The van der Waals surface area contributed by atoms with Crippen LogP contribution in [0.4, 0.5) is 11.6 Å². The summed E-state index contributed by atoms with van der Waals surface area (Å²) in [4.78, 5) is 6.84. The van der Waals surface area contributed by atoms with Crippen LogP contribution in [-0.4, -0.2) is 47.0 Å². The average Bonchev–Trinajstić information content (AvgIpc) is 3.09. The first-order valence-electron chi connectivity index (χ1n) is 8.53. The lowest BCUT2D eigenvalue weighted by molar-refractivity contribution is 0.342. The number of fused-ring (bicyclic) bond motifs is 1. The second kappa shape index (κ2) is 6.58. The monoisotopic (exact) mass is 312 g/mol. The Morgan fingerprint density at radius 3 is 2.91 bits per heavy atom. The van der Waals surface area contributed by atoms with Gasteiger partial charge in [-0.2, -0.15) is 5.10 Å². The highest BCUT2D eigenvalue weighted by atomic mass is 15.3. The smallest absolute Gasteiger partial charge is 0.128 e. The zero-order chi connectivity index (χ0) is 15.5. The molecule has 2 aromatic heterocycles. The summed E-state index contributed by atoms with van der Waals surface area (Å²) in [5.74, 6) is 2.86. The van der Waals surface area contributed by atoms with Crippen molar-refractivity contribution >= 4 is 11.6 Å². The van der Waals surface area contributed by atoms with E-state index in [-0.39, 0.29) is 0 Å². The van der Waals surface area contributed by atoms with E-state index < -0.39 is 0 Å². The van der Waals surface area contributed by atoms with Crippen LogP contribution in [0.1, 0.15) is 12.8 Å². The molecule has 6 nitrogen and oxygen atoms in total. The quantitative estimate of drug-likeness (QED) is 0.898. The summed E-state index contributed by atoms with van der Waals surface area (Å²) in [7, 11) is 0. The van der Waals surface area contributed by atoms with Crippen molar-refractivity contribution in [2.45, 2.75) is 25.4 Å². The maximum atomic E-state index is 4.45. The first-order chi connectivity index (χ1) is 11.4. The Labute approximate surface area is 136 Å². The van der Waals surface area contributed by atoms with Crippen LogP contribution < -0.4 is 15.5 Å². The number of rotatable bonds is 4. The molecule has 0 saturated carbocycles. The molecule has 2 N–H and O–H groups in total. The van der Waals surface area contributed by atoms with Gasteiger partial charge in [-0.25, -0.2) is 9.67 Å². The molecule has 4 rings (SSSR count). The second-order valence-corrected chi connectivity index (χ2v) is 6.50. The molecule has 0 aromatic carbocycles. The average molecular weight is 312 g/mol. The largest absolute Gasteiger partial charge is 0.370 e. The van der Waals surface area contributed by atoms with Gasteiger partial charge in [0.25, 0.3) is 0 Å². The highest BCUT2D eigenvalue weighted by Crippen LogP contribution is 2.19. The molecule has 23 heavy (non-hydrogen) atoms. The second-order valence-electron chi connectivity index (χ2n) is 6.50. The molecule has 0 radical (unpaired) electrons. The molecule has 0 amide bonds. The lowest BCUT2D eigenvalue weighted by atomic mass is 10.0. The van der Waals surface area contributed by atoms with E-state index in [1.807, 2.05) is 24.5 Å². The number of hydrogen-bond donors (Lipinski definition) is 2. The topological polar surface area (TPSA) is 58.0 Å². The van der Waals surface area contributed by atoms with E-state index >= 15 is 0 Å². The number of piperidine rings is 1. The molecule has 0 unspecified atom stereocenters. The van der Waals surface area contributed by atoms with E-state index in [0.29, 0.717) is 12.0 Å². The molecule has 122 valence electrons. The van der Waals surface area contributed by atoms with Crippen LogP contribution in [-0.2, 0) is 6.54 Å². The molecular formula is C17H24N6. The minimum absolute atomic E-state index is 0.608. The van der Waals surface area contributed by atoms with Crippen molar-refractivity contribution in [2.24, 2.45) is 5.92 Å². The Bertz CT molecular complexity index is 617. The fourth-order valence-corrected chi connectivity index (χ4v) is 3.51. The lowest BCUT2D eigenvalue weighted by Crippen LogP contribution is -2.45. The number of hydrogen-bond acceptors (Lipinski definition) is 5. The van der Waals surface area contributed by atoms with Gasteiger partial charge in [0.1, 0.15) is 11.6 Å². The van der Waals surface area contributed by atoms with Gasteiger partial charge in [-0.3, -0.25) is 0 Å². The van der Waals surface area contributed by atoms with Crippen molar-refractivity contribution in [1.82, 2.24) is 20.1 Å². The molecule has 0 aliphatic carbocycles. The normalized spacial score (nSPS) is 21.7. The van der Waals surface area contributed by atoms with Crippen LogP contribution in [0.3, 0.4) is 0 Å². The molecule has 2 aliphatic heterocycles. The first-order valence-corrected chi connectivity index (χ1v) is 8.53. The highest BCUT2D eigenvalue weighted by Gasteiger charge is 2.22. The zero-order valence-corrected chi connectivity index (χ0v) is 13.4. The van der Waals surface area contributed by atoms with Gasteiger partial charge >= 0.3 is 0 Å². The van der Waals surface area contributed by atoms with E-state index in [4.69, 9.17) is 0 Å². The van der Waals surface area contributed by atoms with Crippen LogP contribution in [0.2, 0.25) is 0 Å². The number of anilines is 2. The van der Waals surface area contributed by atoms with Gasteiger partial charge in [0.2, 0.25) is 0 Å². The van der Waals surface area contributed by atoms with Gasteiger partial charge in [-0.15, -0.1) is 0 Å². The fourth-order valence-electron chi connectivity index (χ4n) is 3.51. The van der Waals surface area contributed by atoms with Gasteiger partial charge in [0.15, 0.2) is 0 Å². The molecule has 6 heteroatoms. The van der Waals surface area contributed by atoms with Crippen molar-refractivity contribution < 1.29 is 0 Å². The van der Waals surface area contributed by atoms with E-state index in [2.05, 4.69) is 42.4 Å². The van der Waals surface area contributed by atoms with Gasteiger partial charge in [-0.1, -0.05) is 6.07 Å². The standard InChI is InChI=1S/C17H24N6/c1-2-7-18-16(3-1)22-9-5-15(6-10-22)19-11-14-12-20-17-4-8-21-23(17)13-14/h1-4,7-8,14-15,19-20H,5-6,9-13H2/t14-/m1/s1. The maximum absolute atomic E-state index is 4.45. The van der Waals surface area contributed by atoms with Crippen molar-refractivity contribution in [2.75, 3.05) is 36.4 Å². The maximum Gasteiger partial charge on any atom is 0.128 e. The van der Waals surface area contributed by atoms with Crippen molar-refractivity contribution in [3.63, 3.8) is 0 Å². The predicted molar refractivity (Wildman–Crippen MR) is 91.7 cm³/mol. The highest BCUT2D eigenvalue weighted by molar-refractivity contribution is 5.38. The Balaban J connectivity index is 1.23. The van der Waals surface area contributed by atoms with Gasteiger partial charge in [-0.05, 0) is 25.0 Å². The third kappa shape index (κ3) is 3.32. The summed E-state index contributed by atoms with van der Waals surface area (Å²) in [5, 5.41) is 11.6. The summed E-state index contributed by atoms with van der Waals surface area (Å²) in [6.45, 7) is 5.27. The van der Waals surface area contributed by atoms with Crippen molar-refractivity contribution in [3.8, 4) is 0 Å². The lowest BCUT2D eigenvalue weighted by Gasteiger charge is -2.34. The zero-order valence-electron chi connectivity index (χ0n) is 13.4. The molecule has 2 aromatic rings. The van der Waals surface area contributed by atoms with E-state index in [0.717, 1.165) is 44.4 Å². The Morgan fingerprint density at radius 2 is 2.09 bits per heavy atom. The summed E-state index contributed by atoms with van der Waals surface area (Å²) in [6, 6.07) is 8.79. The molecule has 1 fully saturated rings. The third-order valence-corrected chi connectivity index (χ3v) is 4.88.